The SMILES string of the molecule is O=C(O)C(F)(F)c1c(Cl)cccc1Cl. The lowest BCUT2D eigenvalue weighted by Crippen LogP contribution is -2.26. The Labute approximate surface area is 88.1 Å². The van der Waals surface area contributed by atoms with Crippen molar-refractivity contribution in [3.63, 3.8) is 0 Å². The topological polar surface area (TPSA) is 37.3 Å². The van der Waals surface area contributed by atoms with Crippen LogP contribution in [0.25, 0.3) is 0 Å². The summed E-state index contributed by atoms with van der Waals surface area (Å²) in [5.74, 6) is -6.36. The lowest BCUT2D eigenvalue weighted by atomic mass is 10.1. The van der Waals surface area contributed by atoms with Gasteiger partial charge in [0.15, 0.2) is 0 Å². The molecule has 0 spiro atoms. The van der Waals surface area contributed by atoms with E-state index in [0.717, 1.165) is 12.1 Å². The molecule has 1 aromatic carbocycles. The average Bonchev–Trinajstić information content (AvgIpc) is 2.02. The van der Waals surface area contributed by atoms with Crippen molar-refractivity contribution in [3.8, 4) is 0 Å². The Morgan fingerprint density at radius 1 is 1.29 bits per heavy atom. The van der Waals surface area contributed by atoms with E-state index in [-0.39, 0.29) is 10.0 Å². The molecule has 0 saturated carbocycles. The molecule has 1 N–H and O–H groups in total. The van der Waals surface area contributed by atoms with Crippen LogP contribution < -0.4 is 0 Å². The van der Waals surface area contributed by atoms with Gasteiger partial charge in [0.25, 0.3) is 0 Å². The fraction of sp³-hybridized carbons (Fsp3) is 0.125. The molecule has 0 unspecified atom stereocenters. The Morgan fingerprint density at radius 2 is 1.71 bits per heavy atom. The van der Waals surface area contributed by atoms with E-state index in [0.29, 0.717) is 0 Å². The minimum atomic E-state index is -4.07. The second-order valence-corrected chi connectivity index (χ2v) is 3.29. The number of rotatable bonds is 2. The average molecular weight is 241 g/mol. The van der Waals surface area contributed by atoms with Crippen molar-refractivity contribution in [2.24, 2.45) is 0 Å². The molecule has 0 aromatic heterocycles. The van der Waals surface area contributed by atoms with Crippen LogP contribution in [-0.2, 0) is 10.7 Å². The van der Waals surface area contributed by atoms with Crippen molar-refractivity contribution < 1.29 is 18.7 Å². The Morgan fingerprint density at radius 3 is 2.07 bits per heavy atom. The first-order valence-electron chi connectivity index (χ1n) is 3.43. The Bertz CT molecular complexity index is 359. The summed E-state index contributed by atoms with van der Waals surface area (Å²) in [6.07, 6.45) is 0. The monoisotopic (exact) mass is 240 g/mol. The lowest BCUT2D eigenvalue weighted by molar-refractivity contribution is -0.166. The van der Waals surface area contributed by atoms with Gasteiger partial charge in [0, 0.05) is 0 Å². The Balaban J connectivity index is 3.38. The first-order valence-corrected chi connectivity index (χ1v) is 4.18. The number of carboxylic acids is 1. The molecule has 0 atom stereocenters. The van der Waals surface area contributed by atoms with Crippen LogP contribution >= 0.6 is 23.2 Å². The molecule has 0 saturated heterocycles. The van der Waals surface area contributed by atoms with Crippen LogP contribution in [0.4, 0.5) is 8.78 Å². The number of aliphatic carboxylic acids is 1. The molecular weight excluding hydrogens is 237 g/mol. The van der Waals surface area contributed by atoms with Crippen LogP contribution in [0.15, 0.2) is 18.2 Å². The molecule has 6 heteroatoms. The highest BCUT2D eigenvalue weighted by molar-refractivity contribution is 6.36. The summed E-state index contributed by atoms with van der Waals surface area (Å²) < 4.78 is 26.1. The van der Waals surface area contributed by atoms with Crippen molar-refractivity contribution in [1.82, 2.24) is 0 Å². The minimum absolute atomic E-state index is 0.370. The zero-order chi connectivity index (χ0) is 10.9. The van der Waals surface area contributed by atoms with Gasteiger partial charge in [-0.1, -0.05) is 29.3 Å². The smallest absolute Gasteiger partial charge is 0.379 e. The van der Waals surface area contributed by atoms with Crippen LogP contribution in [0.3, 0.4) is 0 Å². The van der Waals surface area contributed by atoms with Gasteiger partial charge >= 0.3 is 11.9 Å². The summed E-state index contributed by atoms with van der Waals surface area (Å²) in [5.41, 5.74) is -0.879. The van der Waals surface area contributed by atoms with E-state index in [1.165, 1.54) is 6.07 Å². The number of halogens is 4. The number of carbonyl (C=O) groups is 1. The van der Waals surface area contributed by atoms with Crippen molar-refractivity contribution >= 4 is 29.2 Å². The molecule has 0 bridgehead atoms. The molecule has 0 aliphatic rings. The van der Waals surface area contributed by atoms with Crippen LogP contribution in [0.2, 0.25) is 10.0 Å². The number of hydrogen-bond acceptors (Lipinski definition) is 1. The summed E-state index contributed by atoms with van der Waals surface area (Å²) in [6.45, 7) is 0. The Kier molecular flexibility index (Phi) is 2.97. The molecule has 14 heavy (non-hydrogen) atoms. The van der Waals surface area contributed by atoms with E-state index in [1.807, 2.05) is 0 Å². The zero-order valence-corrected chi connectivity index (χ0v) is 8.11. The third kappa shape index (κ3) is 1.81. The van der Waals surface area contributed by atoms with Crippen molar-refractivity contribution in [2.75, 3.05) is 0 Å². The quantitative estimate of drug-likeness (QED) is 0.863. The Hall–Kier alpha value is -0.870. The number of alkyl halides is 2. The van der Waals surface area contributed by atoms with Crippen LogP contribution in [-0.4, -0.2) is 11.1 Å². The van der Waals surface area contributed by atoms with Crippen LogP contribution in [0.5, 0.6) is 0 Å². The maximum Gasteiger partial charge on any atom is 0.379 e. The highest BCUT2D eigenvalue weighted by atomic mass is 35.5. The molecule has 1 rings (SSSR count). The number of hydrogen-bond donors (Lipinski definition) is 1. The summed E-state index contributed by atoms with van der Waals surface area (Å²) >= 11 is 10.9. The zero-order valence-electron chi connectivity index (χ0n) is 6.60. The van der Waals surface area contributed by atoms with Crippen molar-refractivity contribution in [3.05, 3.63) is 33.8 Å². The maximum atomic E-state index is 13.0. The van der Waals surface area contributed by atoms with Crippen LogP contribution in [0, 0.1) is 0 Å². The molecule has 0 aliphatic heterocycles. The molecule has 0 radical (unpaired) electrons. The van der Waals surface area contributed by atoms with E-state index in [4.69, 9.17) is 28.3 Å². The maximum absolute atomic E-state index is 13.0. The molecule has 0 amide bonds. The summed E-state index contributed by atoms with van der Waals surface area (Å²) in [6, 6.07) is 3.66. The molecule has 76 valence electrons. The second kappa shape index (κ2) is 3.71. The first-order chi connectivity index (χ1) is 6.37. The van der Waals surface area contributed by atoms with E-state index in [2.05, 4.69) is 0 Å². The summed E-state index contributed by atoms with van der Waals surface area (Å²) in [5, 5.41) is 7.54. The number of carboxylic acid groups (broad SMARTS) is 1. The summed E-state index contributed by atoms with van der Waals surface area (Å²) in [7, 11) is 0. The van der Waals surface area contributed by atoms with E-state index >= 15 is 0 Å². The molecule has 0 aliphatic carbocycles. The molecular formula is C8H4Cl2F2O2. The predicted octanol–water partition coefficient (Wildman–Crippen LogP) is 3.17. The first kappa shape index (κ1) is 11.2. The third-order valence-corrected chi connectivity index (χ3v) is 2.18. The van der Waals surface area contributed by atoms with Gasteiger partial charge in [-0.25, -0.2) is 4.79 Å². The standard InChI is InChI=1S/C8H4Cl2F2O2/c9-4-2-1-3-5(10)6(4)8(11,12)7(13)14/h1-3H,(H,13,14). The lowest BCUT2D eigenvalue weighted by Gasteiger charge is -2.14. The van der Waals surface area contributed by atoms with Gasteiger partial charge in [-0.3, -0.25) is 0 Å². The second-order valence-electron chi connectivity index (χ2n) is 2.48. The van der Waals surface area contributed by atoms with Gasteiger partial charge < -0.3 is 5.11 Å². The van der Waals surface area contributed by atoms with Gasteiger partial charge in [-0.2, -0.15) is 8.78 Å². The van der Waals surface area contributed by atoms with Gasteiger partial charge in [0.2, 0.25) is 0 Å². The highest BCUT2D eigenvalue weighted by Crippen LogP contribution is 2.38. The highest BCUT2D eigenvalue weighted by Gasteiger charge is 2.44. The van der Waals surface area contributed by atoms with Crippen molar-refractivity contribution in [1.29, 1.82) is 0 Å². The number of benzene rings is 1. The predicted molar refractivity (Wildman–Crippen MR) is 48.0 cm³/mol. The normalized spacial score (nSPS) is 11.4. The van der Waals surface area contributed by atoms with Gasteiger partial charge in [-0.15, -0.1) is 0 Å². The molecule has 1 aromatic rings. The summed E-state index contributed by atoms with van der Waals surface area (Å²) in [4.78, 5) is 10.3. The fourth-order valence-corrected chi connectivity index (χ4v) is 1.54. The minimum Gasteiger partial charge on any atom is -0.477 e. The third-order valence-electron chi connectivity index (χ3n) is 1.55. The molecule has 0 fully saturated rings. The van der Waals surface area contributed by atoms with Gasteiger partial charge in [-0.05, 0) is 12.1 Å². The van der Waals surface area contributed by atoms with E-state index in [1.54, 1.807) is 0 Å². The largest absolute Gasteiger partial charge is 0.477 e. The van der Waals surface area contributed by atoms with E-state index in [9.17, 15) is 13.6 Å². The van der Waals surface area contributed by atoms with Gasteiger partial charge in [0.05, 0.1) is 15.6 Å². The molecule has 0 heterocycles. The van der Waals surface area contributed by atoms with Crippen LogP contribution in [0.1, 0.15) is 5.56 Å². The molecule has 2 nitrogen and oxygen atoms in total. The van der Waals surface area contributed by atoms with Crippen molar-refractivity contribution in [2.45, 2.75) is 5.92 Å². The van der Waals surface area contributed by atoms with E-state index < -0.39 is 17.5 Å². The fourth-order valence-electron chi connectivity index (χ4n) is 0.905. The van der Waals surface area contributed by atoms with Gasteiger partial charge in [0.1, 0.15) is 0 Å².